The monoisotopic (exact) mass is 692 g/mol. The standard InChI is InChI=1S/C21H40O5S10/c1-27-6-2-13-36(25)14-12-32-19-34-18-31-10-11-35-21(24)4-8-30-17-33-16-29-7-3-20(23)26-5-9-28-15-22/h22H,2-19H2,1H3. The Hall–Kier alpha value is 2.40. The molecule has 0 bridgehead atoms. The van der Waals surface area contributed by atoms with Crippen LogP contribution in [0.3, 0.4) is 0 Å². The van der Waals surface area contributed by atoms with Gasteiger partial charge in [0.2, 0.25) is 0 Å². The van der Waals surface area contributed by atoms with Crippen LogP contribution in [0.15, 0.2) is 0 Å². The number of ether oxygens (including phenoxy) is 1. The molecule has 1 N–H and O–H groups in total. The van der Waals surface area contributed by atoms with Crippen molar-refractivity contribution < 1.29 is 23.6 Å². The zero-order valence-corrected chi connectivity index (χ0v) is 29.1. The molecule has 0 spiro atoms. The summed E-state index contributed by atoms with van der Waals surface area (Å²) in [4.78, 5) is 23.5. The molecule has 0 fully saturated rings. The molecule has 36 heavy (non-hydrogen) atoms. The zero-order valence-electron chi connectivity index (χ0n) is 20.9. The van der Waals surface area contributed by atoms with Crippen LogP contribution in [0.1, 0.15) is 19.3 Å². The van der Waals surface area contributed by atoms with Gasteiger partial charge in [-0.25, -0.2) is 0 Å². The molecule has 0 saturated heterocycles. The fourth-order valence-corrected chi connectivity index (χ4v) is 12.5. The SMILES string of the molecule is CSCCCS(=O)CCSCSCSCCSC(=O)CCSCSCSCCC(=O)OCCSCO. The molecule has 0 aromatic carbocycles. The van der Waals surface area contributed by atoms with E-state index in [1.54, 1.807) is 23.5 Å². The van der Waals surface area contributed by atoms with E-state index in [0.717, 1.165) is 72.8 Å². The summed E-state index contributed by atoms with van der Waals surface area (Å²) >= 11 is 15.6. The fourth-order valence-electron chi connectivity index (χ4n) is 2.11. The molecule has 0 rings (SSSR count). The van der Waals surface area contributed by atoms with Gasteiger partial charge < -0.3 is 9.84 Å². The number of thioether (sulfide) groups is 9. The van der Waals surface area contributed by atoms with Crippen molar-refractivity contribution in [3.05, 3.63) is 0 Å². The minimum absolute atomic E-state index is 0.0555. The lowest BCUT2D eigenvalue weighted by molar-refractivity contribution is -0.142. The van der Waals surface area contributed by atoms with Crippen molar-refractivity contribution >= 4 is 128 Å². The smallest absolute Gasteiger partial charge is 0.306 e. The lowest BCUT2D eigenvalue weighted by atomic mass is 10.5. The van der Waals surface area contributed by atoms with Gasteiger partial charge in [0.15, 0.2) is 5.12 Å². The highest BCUT2D eigenvalue weighted by molar-refractivity contribution is 8.23. The first-order valence-electron chi connectivity index (χ1n) is 11.4. The molecule has 1 atom stereocenters. The number of carbonyl (C=O) groups is 2. The Kier molecular flexibility index (Phi) is 34.0. The van der Waals surface area contributed by atoms with E-state index in [0.29, 0.717) is 25.2 Å². The van der Waals surface area contributed by atoms with Crippen molar-refractivity contribution in [3.8, 4) is 0 Å². The molecule has 15 heteroatoms. The van der Waals surface area contributed by atoms with E-state index in [9.17, 15) is 13.8 Å². The van der Waals surface area contributed by atoms with Crippen LogP contribution >= 0.6 is 106 Å². The van der Waals surface area contributed by atoms with Gasteiger partial charge in [-0.2, -0.15) is 58.8 Å². The number of rotatable bonds is 28. The average Bonchev–Trinajstić information content (AvgIpc) is 2.86. The Labute approximate surface area is 259 Å². The zero-order chi connectivity index (χ0) is 26.5. The van der Waals surface area contributed by atoms with Gasteiger partial charge in [0, 0.05) is 83.6 Å². The third-order valence-electron chi connectivity index (χ3n) is 3.82. The van der Waals surface area contributed by atoms with Crippen LogP contribution < -0.4 is 0 Å². The number of aliphatic hydroxyl groups is 1. The molecular weight excluding hydrogens is 653 g/mol. The van der Waals surface area contributed by atoms with Gasteiger partial charge in [0.25, 0.3) is 0 Å². The molecule has 0 radical (unpaired) electrons. The highest BCUT2D eigenvalue weighted by atomic mass is 32.2. The Morgan fingerprint density at radius 3 is 2.03 bits per heavy atom. The molecule has 5 nitrogen and oxygen atoms in total. The van der Waals surface area contributed by atoms with Crippen molar-refractivity contribution in [2.75, 3.05) is 90.9 Å². The van der Waals surface area contributed by atoms with E-state index in [1.165, 1.54) is 23.5 Å². The minimum atomic E-state index is -0.654. The van der Waals surface area contributed by atoms with Gasteiger partial charge in [0.1, 0.15) is 6.61 Å². The second-order valence-electron chi connectivity index (χ2n) is 6.69. The molecule has 0 aromatic heterocycles. The highest BCUT2D eigenvalue weighted by Gasteiger charge is 2.05. The third-order valence-corrected chi connectivity index (χ3v) is 15.3. The molecule has 0 aliphatic rings. The Morgan fingerprint density at radius 1 is 0.722 bits per heavy atom. The number of esters is 1. The van der Waals surface area contributed by atoms with E-state index in [-0.39, 0.29) is 17.0 Å². The number of aliphatic hydroxyl groups excluding tert-OH is 1. The maximum atomic E-state index is 12.0. The van der Waals surface area contributed by atoms with Gasteiger partial charge in [-0.1, -0.05) is 11.8 Å². The predicted octanol–water partition coefficient (Wildman–Crippen LogP) is 5.98. The maximum Gasteiger partial charge on any atom is 0.306 e. The number of carbonyl (C=O) groups excluding carboxylic acids is 2. The van der Waals surface area contributed by atoms with E-state index in [2.05, 4.69) is 6.26 Å². The summed E-state index contributed by atoms with van der Waals surface area (Å²) in [6.07, 6.45) is 4.19. The van der Waals surface area contributed by atoms with Crippen LogP contribution in [0.4, 0.5) is 0 Å². The molecule has 0 aromatic rings. The summed E-state index contributed by atoms with van der Waals surface area (Å²) in [6.45, 7) is 0.360. The highest BCUT2D eigenvalue weighted by Crippen LogP contribution is 2.21. The minimum Gasteiger partial charge on any atom is -0.465 e. The third kappa shape index (κ3) is 30.9. The number of hydrogen-bond acceptors (Lipinski definition) is 14. The molecular formula is C21H40O5S10. The van der Waals surface area contributed by atoms with Gasteiger partial charge in [-0.05, 0) is 18.4 Å². The lowest BCUT2D eigenvalue weighted by Crippen LogP contribution is -2.08. The van der Waals surface area contributed by atoms with E-state index >= 15 is 0 Å². The van der Waals surface area contributed by atoms with Crippen molar-refractivity contribution in [1.82, 2.24) is 0 Å². The maximum absolute atomic E-state index is 12.0. The quantitative estimate of drug-likeness (QED) is 0.0593. The summed E-state index contributed by atoms with van der Waals surface area (Å²) in [7, 11) is -0.654. The van der Waals surface area contributed by atoms with Gasteiger partial charge in [-0.15, -0.1) is 35.3 Å². The summed E-state index contributed by atoms with van der Waals surface area (Å²) < 4.78 is 16.9. The molecule has 0 aliphatic carbocycles. The summed E-state index contributed by atoms with van der Waals surface area (Å²) in [5, 5.41) is 12.9. The van der Waals surface area contributed by atoms with Crippen molar-refractivity contribution in [1.29, 1.82) is 0 Å². The van der Waals surface area contributed by atoms with Gasteiger partial charge in [0.05, 0.1) is 12.4 Å². The van der Waals surface area contributed by atoms with Crippen molar-refractivity contribution in [3.63, 3.8) is 0 Å². The molecule has 0 aliphatic heterocycles. The molecule has 1 unspecified atom stereocenters. The lowest BCUT2D eigenvalue weighted by Gasteiger charge is -2.05. The molecule has 0 saturated carbocycles. The second kappa shape index (κ2) is 31.9. The molecule has 0 heterocycles. The first kappa shape index (κ1) is 38.4. The van der Waals surface area contributed by atoms with Crippen molar-refractivity contribution in [2.24, 2.45) is 0 Å². The van der Waals surface area contributed by atoms with E-state index in [1.807, 2.05) is 58.8 Å². The largest absolute Gasteiger partial charge is 0.465 e. The Morgan fingerprint density at radius 2 is 1.36 bits per heavy atom. The first-order chi connectivity index (χ1) is 17.6. The summed E-state index contributed by atoms with van der Waals surface area (Å²) in [6, 6.07) is 0. The van der Waals surface area contributed by atoms with Crippen LogP contribution in [0.5, 0.6) is 0 Å². The second-order valence-corrected chi connectivity index (χ2v) is 19.4. The molecule has 214 valence electrons. The van der Waals surface area contributed by atoms with Crippen LogP contribution in [-0.4, -0.2) is 111 Å². The first-order valence-corrected chi connectivity index (χ1v) is 23.3. The van der Waals surface area contributed by atoms with Crippen LogP contribution in [-0.2, 0) is 25.1 Å². The Bertz CT molecular complexity index is 545. The van der Waals surface area contributed by atoms with Crippen LogP contribution in [0.2, 0.25) is 0 Å². The van der Waals surface area contributed by atoms with E-state index < -0.39 is 10.8 Å². The van der Waals surface area contributed by atoms with Gasteiger partial charge >= 0.3 is 5.97 Å². The van der Waals surface area contributed by atoms with Gasteiger partial charge in [-0.3, -0.25) is 13.8 Å². The van der Waals surface area contributed by atoms with E-state index in [4.69, 9.17) is 9.84 Å². The predicted molar refractivity (Wildman–Crippen MR) is 183 cm³/mol. The molecule has 0 amide bonds. The van der Waals surface area contributed by atoms with Crippen LogP contribution in [0, 0.1) is 0 Å². The fraction of sp³-hybridized carbons (Fsp3) is 0.905. The summed E-state index contributed by atoms with van der Waals surface area (Å²) in [5.41, 5.74) is 0. The van der Waals surface area contributed by atoms with Crippen molar-refractivity contribution in [2.45, 2.75) is 19.3 Å². The summed E-state index contributed by atoms with van der Waals surface area (Å²) in [5.74, 6) is 7.75. The topological polar surface area (TPSA) is 80.7 Å². The number of hydrogen-bond donors (Lipinski definition) is 1. The normalized spacial score (nSPS) is 12.1. The van der Waals surface area contributed by atoms with Crippen LogP contribution in [0.25, 0.3) is 0 Å². The average molecular weight is 693 g/mol. The Balaban J connectivity index is 3.28.